The molecule has 1 amide bonds. The number of anilines is 1. The highest BCUT2D eigenvalue weighted by Gasteiger charge is 2.44. The van der Waals surface area contributed by atoms with Crippen LogP contribution < -0.4 is 5.32 Å². The molecule has 0 unspecified atom stereocenters. The number of para-hydroxylation sites is 2. The summed E-state index contributed by atoms with van der Waals surface area (Å²) in [6, 6.07) is 10.6. The molecule has 2 aromatic heterocycles. The predicted octanol–water partition coefficient (Wildman–Crippen LogP) is 2.15. The van der Waals surface area contributed by atoms with Crippen molar-refractivity contribution in [3.8, 4) is 0 Å². The monoisotopic (exact) mass is 336 g/mol. The first-order valence-corrected chi connectivity index (χ1v) is 8.05. The van der Waals surface area contributed by atoms with Gasteiger partial charge in [0, 0.05) is 12.4 Å². The van der Waals surface area contributed by atoms with Crippen LogP contribution in [0.25, 0.3) is 11.0 Å². The van der Waals surface area contributed by atoms with Gasteiger partial charge in [-0.1, -0.05) is 12.1 Å². The zero-order chi connectivity index (χ0) is 17.4. The molecule has 1 aromatic carbocycles. The van der Waals surface area contributed by atoms with Gasteiger partial charge in [0.2, 0.25) is 11.9 Å². The van der Waals surface area contributed by atoms with Crippen LogP contribution in [0.3, 0.4) is 0 Å². The highest BCUT2D eigenvalue weighted by molar-refractivity contribution is 6.07. The zero-order valence-corrected chi connectivity index (χ0v) is 13.5. The maximum Gasteiger partial charge on any atom is 0.321 e. The lowest BCUT2D eigenvalue weighted by molar-refractivity contribution is -0.152. The molecule has 1 aliphatic rings. The van der Waals surface area contributed by atoms with E-state index >= 15 is 0 Å². The van der Waals surface area contributed by atoms with Gasteiger partial charge in [-0.2, -0.15) is 0 Å². The summed E-state index contributed by atoms with van der Waals surface area (Å²) in [5, 5.41) is 2.73. The number of carbonyl (C=O) groups is 2. The van der Waals surface area contributed by atoms with Crippen molar-refractivity contribution in [2.45, 2.75) is 13.0 Å². The second-order valence-corrected chi connectivity index (χ2v) is 5.74. The molecule has 0 saturated carbocycles. The van der Waals surface area contributed by atoms with Crippen LogP contribution in [0.2, 0.25) is 0 Å². The Labute approximate surface area is 143 Å². The summed E-state index contributed by atoms with van der Waals surface area (Å²) in [6.07, 6.45) is 3.28. The summed E-state index contributed by atoms with van der Waals surface area (Å²) in [5.41, 5.74) is 2.39. The van der Waals surface area contributed by atoms with E-state index in [9.17, 15) is 9.59 Å². The third-order valence-electron chi connectivity index (χ3n) is 4.30. The Hall–Kier alpha value is -3.22. The maximum absolute atomic E-state index is 12.7. The fourth-order valence-electron chi connectivity index (χ4n) is 3.26. The molecule has 1 N–H and O–H groups in total. The highest BCUT2D eigenvalue weighted by atomic mass is 16.5. The Kier molecular flexibility index (Phi) is 3.68. The summed E-state index contributed by atoms with van der Waals surface area (Å²) in [7, 11) is 0. The number of amides is 1. The van der Waals surface area contributed by atoms with Crippen molar-refractivity contribution in [2.24, 2.45) is 5.92 Å². The number of aromatic nitrogens is 3. The van der Waals surface area contributed by atoms with Gasteiger partial charge in [-0.15, -0.1) is 0 Å². The van der Waals surface area contributed by atoms with E-state index in [1.807, 2.05) is 28.8 Å². The van der Waals surface area contributed by atoms with Crippen LogP contribution in [0.1, 0.15) is 18.5 Å². The van der Waals surface area contributed by atoms with Crippen LogP contribution in [0, 0.1) is 5.92 Å². The fraction of sp³-hybridized carbons (Fsp3) is 0.222. The Balaban J connectivity index is 1.96. The molecule has 0 radical (unpaired) electrons. The molecule has 0 fully saturated rings. The minimum absolute atomic E-state index is 0.212. The van der Waals surface area contributed by atoms with Crippen molar-refractivity contribution in [3.63, 3.8) is 0 Å². The van der Waals surface area contributed by atoms with Crippen LogP contribution in [0.4, 0.5) is 5.95 Å². The van der Waals surface area contributed by atoms with Crippen molar-refractivity contribution in [2.75, 3.05) is 11.9 Å². The zero-order valence-electron chi connectivity index (χ0n) is 13.5. The average Bonchev–Trinajstić information content (AvgIpc) is 2.99. The van der Waals surface area contributed by atoms with E-state index in [1.165, 1.54) is 0 Å². The van der Waals surface area contributed by atoms with Gasteiger partial charge in [-0.3, -0.25) is 19.9 Å². The first kappa shape index (κ1) is 15.3. The van der Waals surface area contributed by atoms with Gasteiger partial charge in [0.25, 0.3) is 0 Å². The molecule has 7 heteroatoms. The fourth-order valence-corrected chi connectivity index (χ4v) is 3.26. The number of hydrogen-bond acceptors (Lipinski definition) is 5. The van der Waals surface area contributed by atoms with Crippen molar-refractivity contribution >= 4 is 28.9 Å². The normalized spacial score (nSPS) is 19.3. The van der Waals surface area contributed by atoms with E-state index in [2.05, 4.69) is 15.3 Å². The van der Waals surface area contributed by atoms with Crippen LogP contribution in [-0.2, 0) is 14.3 Å². The third kappa shape index (κ3) is 2.44. The summed E-state index contributed by atoms with van der Waals surface area (Å²) < 4.78 is 7.04. The topological polar surface area (TPSA) is 86.1 Å². The van der Waals surface area contributed by atoms with E-state index in [1.54, 1.807) is 31.5 Å². The number of imidazole rings is 1. The summed E-state index contributed by atoms with van der Waals surface area (Å²) in [4.78, 5) is 33.7. The van der Waals surface area contributed by atoms with Crippen molar-refractivity contribution < 1.29 is 14.3 Å². The number of carbonyl (C=O) groups excluding carboxylic acids is 2. The third-order valence-corrected chi connectivity index (χ3v) is 4.30. The lowest BCUT2D eigenvalue weighted by Gasteiger charge is -2.32. The predicted molar refractivity (Wildman–Crippen MR) is 90.9 cm³/mol. The maximum atomic E-state index is 12.7. The molecule has 3 aromatic rings. The number of nitrogens with zero attached hydrogens (tertiary/aromatic N) is 3. The van der Waals surface area contributed by atoms with Gasteiger partial charge in [0.05, 0.1) is 23.7 Å². The van der Waals surface area contributed by atoms with E-state index in [0.717, 1.165) is 16.6 Å². The summed E-state index contributed by atoms with van der Waals surface area (Å²) in [6.45, 7) is 1.93. The Morgan fingerprint density at radius 2 is 2.00 bits per heavy atom. The minimum Gasteiger partial charge on any atom is -0.465 e. The summed E-state index contributed by atoms with van der Waals surface area (Å²) >= 11 is 0. The Morgan fingerprint density at radius 3 is 2.76 bits per heavy atom. The molecule has 126 valence electrons. The van der Waals surface area contributed by atoms with Gasteiger partial charge in [0.15, 0.2) is 5.92 Å². The Morgan fingerprint density at radius 1 is 1.24 bits per heavy atom. The molecule has 0 bridgehead atoms. The van der Waals surface area contributed by atoms with E-state index in [4.69, 9.17) is 4.74 Å². The number of fused-ring (bicyclic) bond motifs is 3. The molecule has 0 spiro atoms. The molecule has 25 heavy (non-hydrogen) atoms. The highest BCUT2D eigenvalue weighted by Crippen LogP contribution is 2.38. The SMILES string of the molecule is CCOC(=O)[C@@H]1C(=O)Nc2nc3ccccc3n2[C@H]1c1ccncc1. The molecule has 2 atom stereocenters. The van der Waals surface area contributed by atoms with E-state index in [-0.39, 0.29) is 6.61 Å². The minimum atomic E-state index is -0.993. The molecule has 0 saturated heterocycles. The Bertz CT molecular complexity index is 951. The first-order chi connectivity index (χ1) is 12.2. The summed E-state index contributed by atoms with van der Waals surface area (Å²) in [5.74, 6) is -1.53. The van der Waals surface area contributed by atoms with Crippen molar-refractivity contribution in [1.82, 2.24) is 14.5 Å². The molecule has 4 rings (SSSR count). The van der Waals surface area contributed by atoms with Gasteiger partial charge in [-0.05, 0) is 36.8 Å². The van der Waals surface area contributed by atoms with Crippen molar-refractivity contribution in [1.29, 1.82) is 0 Å². The largest absolute Gasteiger partial charge is 0.465 e. The van der Waals surface area contributed by atoms with Gasteiger partial charge < -0.3 is 9.30 Å². The number of rotatable bonds is 3. The van der Waals surface area contributed by atoms with Crippen LogP contribution >= 0.6 is 0 Å². The molecular weight excluding hydrogens is 320 g/mol. The first-order valence-electron chi connectivity index (χ1n) is 8.05. The van der Waals surface area contributed by atoms with Gasteiger partial charge >= 0.3 is 5.97 Å². The number of pyridine rings is 1. The molecular formula is C18H16N4O3. The number of esters is 1. The molecule has 1 aliphatic heterocycles. The van der Waals surface area contributed by atoms with Gasteiger partial charge in [0.1, 0.15) is 0 Å². The molecule has 3 heterocycles. The molecule has 7 nitrogen and oxygen atoms in total. The van der Waals surface area contributed by atoms with E-state index in [0.29, 0.717) is 5.95 Å². The average molecular weight is 336 g/mol. The van der Waals surface area contributed by atoms with Crippen LogP contribution in [0.15, 0.2) is 48.8 Å². The lowest BCUT2D eigenvalue weighted by atomic mass is 9.91. The van der Waals surface area contributed by atoms with Crippen LogP contribution in [0.5, 0.6) is 0 Å². The number of benzene rings is 1. The second-order valence-electron chi connectivity index (χ2n) is 5.74. The second kappa shape index (κ2) is 6.01. The smallest absolute Gasteiger partial charge is 0.321 e. The molecule has 0 aliphatic carbocycles. The standard InChI is InChI=1S/C18H16N4O3/c1-2-25-17(24)14-15(11-7-9-19-10-8-11)22-13-6-4-3-5-12(13)20-18(22)21-16(14)23/h3-10,14-15H,2H2,1H3,(H,20,21,23)/t14-,15-/m0/s1. The number of nitrogens with one attached hydrogen (secondary N) is 1. The number of hydrogen-bond donors (Lipinski definition) is 1. The number of ether oxygens (including phenoxy) is 1. The van der Waals surface area contributed by atoms with Gasteiger partial charge in [-0.25, -0.2) is 4.98 Å². The van der Waals surface area contributed by atoms with E-state index < -0.39 is 23.8 Å². The quantitative estimate of drug-likeness (QED) is 0.585. The van der Waals surface area contributed by atoms with Crippen molar-refractivity contribution in [3.05, 3.63) is 54.4 Å². The lowest BCUT2D eigenvalue weighted by Crippen LogP contribution is -2.43. The van der Waals surface area contributed by atoms with Crippen LogP contribution in [-0.4, -0.2) is 33.0 Å².